The molecule has 2 aromatic heterocycles. The molecule has 2 saturated heterocycles. The Labute approximate surface area is 156 Å². The third-order valence-corrected chi connectivity index (χ3v) is 5.67. The van der Waals surface area contributed by atoms with Gasteiger partial charge >= 0.3 is 0 Å². The first-order chi connectivity index (χ1) is 12.7. The Morgan fingerprint density at radius 2 is 1.58 bits per heavy atom. The Morgan fingerprint density at radius 1 is 0.885 bits per heavy atom. The van der Waals surface area contributed by atoms with Crippen LogP contribution in [0, 0.1) is 6.92 Å². The highest BCUT2D eigenvalue weighted by molar-refractivity contribution is 5.47. The van der Waals surface area contributed by atoms with E-state index in [1.165, 1.54) is 25.7 Å². The van der Waals surface area contributed by atoms with Crippen LogP contribution in [0.3, 0.4) is 0 Å². The SMILES string of the molecule is CCN1CCN(Cc2nc3nc(C)cc(N4CCCCCC4)n3n2)CC1. The zero-order chi connectivity index (χ0) is 17.9. The van der Waals surface area contributed by atoms with Crippen LogP contribution in [0.1, 0.15) is 44.1 Å². The largest absolute Gasteiger partial charge is 0.356 e. The molecule has 0 aliphatic carbocycles. The summed E-state index contributed by atoms with van der Waals surface area (Å²) in [6, 6.07) is 2.16. The van der Waals surface area contributed by atoms with Crippen molar-refractivity contribution >= 4 is 11.6 Å². The maximum atomic E-state index is 4.84. The first-order valence-corrected chi connectivity index (χ1v) is 10.2. The number of aromatic nitrogens is 4. The Morgan fingerprint density at radius 3 is 2.27 bits per heavy atom. The second-order valence-electron chi connectivity index (χ2n) is 7.61. The Balaban J connectivity index is 1.55. The van der Waals surface area contributed by atoms with Crippen molar-refractivity contribution in [2.45, 2.75) is 46.1 Å². The average Bonchev–Trinajstić information content (AvgIpc) is 2.87. The van der Waals surface area contributed by atoms with E-state index in [0.29, 0.717) is 0 Å². The standard InChI is InChI=1S/C19H31N7/c1-3-23-10-12-24(13-11-23)15-17-21-19-20-16(2)14-18(26(19)22-17)25-8-6-4-5-7-9-25/h14H,3-13,15H2,1-2H3. The van der Waals surface area contributed by atoms with Crippen LogP contribution < -0.4 is 4.90 Å². The minimum atomic E-state index is 0.742. The number of fused-ring (bicyclic) bond motifs is 1. The number of hydrogen-bond donors (Lipinski definition) is 0. The normalized spacial score (nSPS) is 20.6. The first-order valence-electron chi connectivity index (χ1n) is 10.2. The van der Waals surface area contributed by atoms with E-state index in [4.69, 9.17) is 10.1 Å². The molecule has 2 aromatic rings. The van der Waals surface area contributed by atoms with Crippen LogP contribution >= 0.6 is 0 Å². The molecule has 0 radical (unpaired) electrons. The predicted molar refractivity (Wildman–Crippen MR) is 104 cm³/mol. The van der Waals surface area contributed by atoms with Crippen molar-refractivity contribution in [3.63, 3.8) is 0 Å². The van der Waals surface area contributed by atoms with E-state index < -0.39 is 0 Å². The first kappa shape index (κ1) is 17.7. The minimum absolute atomic E-state index is 0.742. The summed E-state index contributed by atoms with van der Waals surface area (Å²) in [5, 5.41) is 4.84. The van der Waals surface area contributed by atoms with Crippen molar-refractivity contribution in [3.8, 4) is 0 Å². The van der Waals surface area contributed by atoms with Crippen molar-refractivity contribution in [2.75, 3.05) is 50.7 Å². The van der Waals surface area contributed by atoms with Gasteiger partial charge in [0.2, 0.25) is 0 Å². The summed E-state index contributed by atoms with van der Waals surface area (Å²) in [5.41, 5.74) is 1.02. The quantitative estimate of drug-likeness (QED) is 0.834. The third-order valence-electron chi connectivity index (χ3n) is 5.67. The van der Waals surface area contributed by atoms with Gasteiger partial charge in [0, 0.05) is 51.0 Å². The molecule has 4 rings (SSSR count). The maximum absolute atomic E-state index is 4.84. The van der Waals surface area contributed by atoms with Gasteiger partial charge in [0.1, 0.15) is 5.82 Å². The molecule has 0 spiro atoms. The molecule has 7 nitrogen and oxygen atoms in total. The number of anilines is 1. The second-order valence-corrected chi connectivity index (χ2v) is 7.61. The highest BCUT2D eigenvalue weighted by atomic mass is 15.4. The lowest BCUT2D eigenvalue weighted by molar-refractivity contribution is 0.129. The topological polar surface area (TPSA) is 52.8 Å². The predicted octanol–water partition coefficient (Wildman–Crippen LogP) is 1.95. The fourth-order valence-corrected chi connectivity index (χ4v) is 4.06. The van der Waals surface area contributed by atoms with E-state index in [1.54, 1.807) is 0 Å². The van der Waals surface area contributed by atoms with Gasteiger partial charge in [-0.1, -0.05) is 19.8 Å². The zero-order valence-corrected chi connectivity index (χ0v) is 16.2. The number of hydrogen-bond acceptors (Lipinski definition) is 6. The van der Waals surface area contributed by atoms with Crippen molar-refractivity contribution < 1.29 is 0 Å². The molecule has 26 heavy (non-hydrogen) atoms. The Kier molecular flexibility index (Phi) is 5.36. The smallest absolute Gasteiger partial charge is 0.254 e. The fraction of sp³-hybridized carbons (Fsp3) is 0.737. The van der Waals surface area contributed by atoms with Gasteiger partial charge in [-0.15, -0.1) is 5.10 Å². The molecule has 0 aromatic carbocycles. The lowest BCUT2D eigenvalue weighted by Gasteiger charge is -2.33. The fourth-order valence-electron chi connectivity index (χ4n) is 4.06. The molecule has 142 valence electrons. The number of likely N-dealkylation sites (N-methyl/N-ethyl adjacent to an activating group) is 1. The number of nitrogens with zero attached hydrogens (tertiary/aromatic N) is 7. The lowest BCUT2D eigenvalue weighted by Crippen LogP contribution is -2.45. The molecule has 0 amide bonds. The molecular weight excluding hydrogens is 326 g/mol. The van der Waals surface area contributed by atoms with E-state index >= 15 is 0 Å². The van der Waals surface area contributed by atoms with Gasteiger partial charge in [-0.2, -0.15) is 9.50 Å². The van der Waals surface area contributed by atoms with Crippen LogP contribution in [0.4, 0.5) is 5.82 Å². The summed E-state index contributed by atoms with van der Waals surface area (Å²) in [6.45, 7) is 12.9. The summed E-state index contributed by atoms with van der Waals surface area (Å²) in [6.07, 6.45) is 5.17. The molecule has 7 heteroatoms. The number of aryl methyl sites for hydroxylation is 1. The number of rotatable bonds is 4. The minimum Gasteiger partial charge on any atom is -0.356 e. The average molecular weight is 358 g/mol. The molecule has 0 saturated carbocycles. The van der Waals surface area contributed by atoms with Gasteiger partial charge in [0.05, 0.1) is 6.54 Å². The van der Waals surface area contributed by atoms with Crippen LogP contribution in [-0.4, -0.2) is 75.2 Å². The molecule has 0 N–H and O–H groups in total. The molecule has 0 bridgehead atoms. The molecule has 2 fully saturated rings. The summed E-state index contributed by atoms with van der Waals surface area (Å²) in [7, 11) is 0. The van der Waals surface area contributed by atoms with Gasteiger partial charge in [-0.05, 0) is 26.3 Å². The highest BCUT2D eigenvalue weighted by Crippen LogP contribution is 2.21. The summed E-state index contributed by atoms with van der Waals surface area (Å²) < 4.78 is 1.97. The lowest BCUT2D eigenvalue weighted by atomic mass is 10.2. The number of piperazine rings is 1. The summed E-state index contributed by atoms with van der Waals surface area (Å²) in [5.74, 6) is 2.79. The Hall–Kier alpha value is -1.73. The zero-order valence-electron chi connectivity index (χ0n) is 16.2. The summed E-state index contributed by atoms with van der Waals surface area (Å²) in [4.78, 5) is 16.8. The van der Waals surface area contributed by atoms with Gasteiger partial charge in [-0.25, -0.2) is 4.98 Å². The van der Waals surface area contributed by atoms with E-state index in [2.05, 4.69) is 39.6 Å². The van der Waals surface area contributed by atoms with Gasteiger partial charge in [-0.3, -0.25) is 4.90 Å². The highest BCUT2D eigenvalue weighted by Gasteiger charge is 2.20. The van der Waals surface area contributed by atoms with Gasteiger partial charge < -0.3 is 9.80 Å². The molecule has 0 unspecified atom stereocenters. The van der Waals surface area contributed by atoms with Crippen LogP contribution in [0.15, 0.2) is 6.07 Å². The molecule has 0 atom stereocenters. The van der Waals surface area contributed by atoms with Gasteiger partial charge in [0.25, 0.3) is 5.78 Å². The molecule has 2 aliphatic rings. The Bertz CT molecular complexity index is 725. The molecule has 2 aliphatic heterocycles. The van der Waals surface area contributed by atoms with Crippen LogP contribution in [0.25, 0.3) is 5.78 Å². The van der Waals surface area contributed by atoms with E-state index in [9.17, 15) is 0 Å². The van der Waals surface area contributed by atoms with Gasteiger partial charge in [0.15, 0.2) is 5.82 Å². The third kappa shape index (κ3) is 3.83. The van der Waals surface area contributed by atoms with Crippen LogP contribution in [0.5, 0.6) is 0 Å². The van der Waals surface area contributed by atoms with Crippen molar-refractivity contribution in [1.82, 2.24) is 29.4 Å². The van der Waals surface area contributed by atoms with Crippen molar-refractivity contribution in [1.29, 1.82) is 0 Å². The van der Waals surface area contributed by atoms with E-state index in [1.807, 2.05) is 4.52 Å². The van der Waals surface area contributed by atoms with Crippen molar-refractivity contribution in [2.24, 2.45) is 0 Å². The van der Waals surface area contributed by atoms with E-state index in [0.717, 1.165) is 75.5 Å². The molecular formula is C19H31N7. The molecule has 4 heterocycles. The van der Waals surface area contributed by atoms with Crippen molar-refractivity contribution in [3.05, 3.63) is 17.6 Å². The van der Waals surface area contributed by atoms with E-state index in [-0.39, 0.29) is 0 Å². The van der Waals surface area contributed by atoms with Crippen LogP contribution in [0.2, 0.25) is 0 Å². The summed E-state index contributed by atoms with van der Waals surface area (Å²) >= 11 is 0. The monoisotopic (exact) mass is 357 g/mol. The maximum Gasteiger partial charge on any atom is 0.254 e. The second kappa shape index (κ2) is 7.88. The van der Waals surface area contributed by atoms with Crippen LogP contribution in [-0.2, 0) is 6.54 Å².